The van der Waals surface area contributed by atoms with E-state index in [1.54, 1.807) is 34.1 Å². The molecule has 0 radical (unpaired) electrons. The van der Waals surface area contributed by atoms with Crippen molar-refractivity contribution in [2.75, 3.05) is 24.5 Å². The molecule has 164 valence electrons. The van der Waals surface area contributed by atoms with E-state index in [0.717, 1.165) is 12.0 Å². The van der Waals surface area contributed by atoms with Gasteiger partial charge in [0.1, 0.15) is 5.82 Å². The van der Waals surface area contributed by atoms with Crippen molar-refractivity contribution in [1.29, 1.82) is 0 Å². The first kappa shape index (κ1) is 19.5. The van der Waals surface area contributed by atoms with Crippen LogP contribution in [-0.2, 0) is 25.3 Å². The van der Waals surface area contributed by atoms with Crippen LogP contribution in [0.3, 0.4) is 0 Å². The molecule has 0 N–H and O–H groups in total. The molecule has 32 heavy (non-hydrogen) atoms. The van der Waals surface area contributed by atoms with E-state index in [-0.39, 0.29) is 24.3 Å². The number of amides is 2. The summed E-state index contributed by atoms with van der Waals surface area (Å²) in [6.45, 7) is 1.35. The van der Waals surface area contributed by atoms with E-state index in [0.29, 0.717) is 55.6 Å². The van der Waals surface area contributed by atoms with E-state index in [9.17, 15) is 14.4 Å². The smallest absolute Gasteiger partial charge is 0.339 e. The standard InChI is InChI=1S/C25H23FN2O4/c26-20-14-16(28-12-3-6-21(28)29)7-8-19(20)24(9-10-24)23(31)27-13-11-25(15-27)18-5-2-1-4-17(18)22(30)32-25/h1-2,4-5,7-8,14H,3,6,9-13,15H2. The highest BCUT2D eigenvalue weighted by Crippen LogP contribution is 2.53. The molecule has 1 unspecified atom stereocenters. The highest BCUT2D eigenvalue weighted by Gasteiger charge is 2.58. The number of hydrogen-bond donors (Lipinski definition) is 0. The Bertz CT molecular complexity index is 1170. The number of halogens is 1. The zero-order valence-corrected chi connectivity index (χ0v) is 17.6. The monoisotopic (exact) mass is 434 g/mol. The molecule has 0 bridgehead atoms. The van der Waals surface area contributed by atoms with E-state index in [1.807, 2.05) is 12.1 Å². The van der Waals surface area contributed by atoms with Crippen LogP contribution in [0.15, 0.2) is 42.5 Å². The molecule has 6 nitrogen and oxygen atoms in total. The predicted octanol–water partition coefficient (Wildman–Crippen LogP) is 3.28. The van der Waals surface area contributed by atoms with Crippen LogP contribution in [0.25, 0.3) is 0 Å². The molecule has 0 aromatic heterocycles. The molecule has 3 aliphatic heterocycles. The third kappa shape index (κ3) is 2.66. The molecule has 7 heteroatoms. The SMILES string of the molecule is O=C1OC2(CCN(C(=O)C3(c4ccc(N5CCCC5=O)cc4F)CC3)C2)c2ccccc21. The van der Waals surface area contributed by atoms with E-state index < -0.39 is 16.8 Å². The summed E-state index contributed by atoms with van der Waals surface area (Å²) in [6.07, 6.45) is 2.97. The Balaban J connectivity index is 1.26. The topological polar surface area (TPSA) is 66.9 Å². The second kappa shape index (κ2) is 6.64. The summed E-state index contributed by atoms with van der Waals surface area (Å²) < 4.78 is 20.9. The fourth-order valence-corrected chi connectivity index (χ4v) is 5.61. The second-order valence-electron chi connectivity index (χ2n) is 9.30. The lowest BCUT2D eigenvalue weighted by Crippen LogP contribution is -2.40. The van der Waals surface area contributed by atoms with Gasteiger partial charge >= 0.3 is 5.97 Å². The number of benzene rings is 2. The highest BCUT2D eigenvalue weighted by molar-refractivity contribution is 5.97. The number of esters is 1. The summed E-state index contributed by atoms with van der Waals surface area (Å²) in [4.78, 5) is 41.2. The quantitative estimate of drug-likeness (QED) is 0.696. The molecule has 2 aromatic carbocycles. The summed E-state index contributed by atoms with van der Waals surface area (Å²) in [6, 6.07) is 12.1. The predicted molar refractivity (Wildman–Crippen MR) is 114 cm³/mol. The highest BCUT2D eigenvalue weighted by atomic mass is 19.1. The maximum Gasteiger partial charge on any atom is 0.339 e. The first-order chi connectivity index (χ1) is 15.4. The maximum absolute atomic E-state index is 15.2. The molecule has 1 saturated carbocycles. The fraction of sp³-hybridized carbons (Fsp3) is 0.400. The molecule has 2 aromatic rings. The lowest BCUT2D eigenvalue weighted by atomic mass is 9.91. The van der Waals surface area contributed by atoms with Gasteiger partial charge in [-0.2, -0.15) is 0 Å². The summed E-state index contributed by atoms with van der Waals surface area (Å²) in [5.74, 6) is -0.907. The van der Waals surface area contributed by atoms with Crippen LogP contribution in [0.5, 0.6) is 0 Å². The van der Waals surface area contributed by atoms with Crippen molar-refractivity contribution in [3.63, 3.8) is 0 Å². The minimum Gasteiger partial charge on any atom is -0.449 e. The lowest BCUT2D eigenvalue weighted by molar-refractivity contribution is -0.134. The third-order valence-corrected chi connectivity index (χ3v) is 7.46. The number of carbonyl (C=O) groups excluding carboxylic acids is 3. The lowest BCUT2D eigenvalue weighted by Gasteiger charge is -2.27. The van der Waals surface area contributed by atoms with Crippen molar-refractivity contribution in [2.24, 2.45) is 0 Å². The minimum atomic E-state index is -0.870. The van der Waals surface area contributed by atoms with Gasteiger partial charge in [-0.15, -0.1) is 0 Å². The van der Waals surface area contributed by atoms with Crippen molar-refractivity contribution in [3.8, 4) is 0 Å². The van der Waals surface area contributed by atoms with Crippen LogP contribution >= 0.6 is 0 Å². The second-order valence-corrected chi connectivity index (χ2v) is 9.30. The van der Waals surface area contributed by atoms with Gasteiger partial charge in [-0.3, -0.25) is 9.59 Å². The number of hydrogen-bond acceptors (Lipinski definition) is 4. The molecular formula is C25H23FN2O4. The number of rotatable bonds is 3. The number of anilines is 1. The zero-order valence-electron chi connectivity index (χ0n) is 17.6. The van der Waals surface area contributed by atoms with E-state index in [2.05, 4.69) is 0 Å². The average Bonchev–Trinajstić information content (AvgIpc) is 3.16. The average molecular weight is 434 g/mol. The Morgan fingerprint density at radius 1 is 1.00 bits per heavy atom. The Morgan fingerprint density at radius 3 is 2.53 bits per heavy atom. The molecule has 1 atom stereocenters. The van der Waals surface area contributed by atoms with Gasteiger partial charge in [0, 0.05) is 42.7 Å². The van der Waals surface area contributed by atoms with Crippen molar-refractivity contribution < 1.29 is 23.5 Å². The summed E-state index contributed by atoms with van der Waals surface area (Å²) >= 11 is 0. The van der Waals surface area contributed by atoms with Crippen LogP contribution in [0, 0.1) is 5.82 Å². The zero-order chi connectivity index (χ0) is 22.1. The minimum absolute atomic E-state index is 0.00289. The van der Waals surface area contributed by atoms with E-state index in [1.165, 1.54) is 6.07 Å². The number of ether oxygens (including phenoxy) is 1. The van der Waals surface area contributed by atoms with Crippen LogP contribution in [0.2, 0.25) is 0 Å². The number of fused-ring (bicyclic) bond motifs is 2. The fourth-order valence-electron chi connectivity index (χ4n) is 5.61. The molecule has 3 heterocycles. The van der Waals surface area contributed by atoms with Gasteiger partial charge < -0.3 is 14.5 Å². The Kier molecular flexibility index (Phi) is 4.04. The Morgan fingerprint density at radius 2 is 1.81 bits per heavy atom. The third-order valence-electron chi connectivity index (χ3n) is 7.46. The van der Waals surface area contributed by atoms with E-state index >= 15 is 4.39 Å². The van der Waals surface area contributed by atoms with Crippen LogP contribution in [0.4, 0.5) is 10.1 Å². The van der Waals surface area contributed by atoms with Crippen molar-refractivity contribution >= 4 is 23.5 Å². The maximum atomic E-state index is 15.2. The molecule has 2 saturated heterocycles. The van der Waals surface area contributed by atoms with Crippen LogP contribution in [0.1, 0.15) is 53.6 Å². The van der Waals surface area contributed by atoms with Gasteiger partial charge in [0.2, 0.25) is 11.8 Å². The van der Waals surface area contributed by atoms with Gasteiger partial charge in [-0.1, -0.05) is 24.3 Å². The summed E-state index contributed by atoms with van der Waals surface area (Å²) in [5, 5.41) is 0. The van der Waals surface area contributed by atoms with Crippen LogP contribution in [-0.4, -0.2) is 42.3 Å². The molecule has 1 aliphatic carbocycles. The van der Waals surface area contributed by atoms with Gasteiger partial charge in [-0.05, 0) is 37.5 Å². The first-order valence-corrected chi connectivity index (χ1v) is 11.2. The molecule has 4 aliphatic rings. The molecular weight excluding hydrogens is 411 g/mol. The Hall–Kier alpha value is -3.22. The molecule has 2 amide bonds. The van der Waals surface area contributed by atoms with Gasteiger partial charge in [0.15, 0.2) is 5.60 Å². The summed E-state index contributed by atoms with van der Waals surface area (Å²) in [5.41, 5.74) is 0.648. The van der Waals surface area contributed by atoms with Gasteiger partial charge in [0.25, 0.3) is 0 Å². The molecule has 6 rings (SSSR count). The first-order valence-electron chi connectivity index (χ1n) is 11.2. The van der Waals surface area contributed by atoms with Gasteiger partial charge in [0.05, 0.1) is 17.5 Å². The summed E-state index contributed by atoms with van der Waals surface area (Å²) in [7, 11) is 0. The molecule has 1 spiro atoms. The number of nitrogens with zero attached hydrogens (tertiary/aromatic N) is 2. The van der Waals surface area contributed by atoms with Crippen molar-refractivity contribution in [2.45, 2.75) is 43.1 Å². The Labute approximate surface area is 184 Å². The van der Waals surface area contributed by atoms with Crippen molar-refractivity contribution in [3.05, 3.63) is 65.0 Å². The normalized spacial score (nSPS) is 25.4. The molecule has 3 fully saturated rings. The van der Waals surface area contributed by atoms with Gasteiger partial charge in [-0.25, -0.2) is 9.18 Å². The van der Waals surface area contributed by atoms with Crippen molar-refractivity contribution in [1.82, 2.24) is 4.90 Å². The van der Waals surface area contributed by atoms with E-state index in [4.69, 9.17) is 4.74 Å². The number of likely N-dealkylation sites (tertiary alicyclic amines) is 1. The number of carbonyl (C=O) groups is 3. The largest absolute Gasteiger partial charge is 0.449 e. The van der Waals surface area contributed by atoms with Crippen LogP contribution < -0.4 is 4.90 Å².